The summed E-state index contributed by atoms with van der Waals surface area (Å²) in [6.07, 6.45) is 10.6. The van der Waals surface area contributed by atoms with Crippen molar-refractivity contribution in [1.82, 2.24) is 0 Å². The molecule has 204 valence electrons. The minimum absolute atomic E-state index is 0.156. The summed E-state index contributed by atoms with van der Waals surface area (Å²) in [5, 5.41) is 0. The van der Waals surface area contributed by atoms with E-state index in [0.29, 0.717) is 13.2 Å². The van der Waals surface area contributed by atoms with Crippen molar-refractivity contribution < 1.29 is 49.2 Å². The van der Waals surface area contributed by atoms with Crippen LogP contribution in [0.5, 0.6) is 5.75 Å². The predicted octanol–water partition coefficient (Wildman–Crippen LogP) is 5.64. The van der Waals surface area contributed by atoms with Gasteiger partial charge in [0.15, 0.2) is 0 Å². The molecule has 0 heterocycles. The molecule has 0 saturated heterocycles. The van der Waals surface area contributed by atoms with Crippen molar-refractivity contribution in [3.63, 3.8) is 0 Å². The summed E-state index contributed by atoms with van der Waals surface area (Å²) in [6, 6.07) is 14.8. The molecule has 0 aliphatic rings. The maximum absolute atomic E-state index is 13.0. The van der Waals surface area contributed by atoms with Crippen LogP contribution in [0.3, 0.4) is 0 Å². The third-order valence-electron chi connectivity index (χ3n) is 5.57. The molecule has 2 aromatic rings. The van der Waals surface area contributed by atoms with Crippen LogP contribution in [0.2, 0.25) is 4.85 Å². The molecule has 0 radical (unpaired) electrons. The molecule has 0 saturated carbocycles. The number of carbonyl (C=O) groups is 1. The van der Waals surface area contributed by atoms with Gasteiger partial charge in [-0.1, -0.05) is 6.58 Å². The van der Waals surface area contributed by atoms with Gasteiger partial charge in [-0.3, -0.25) is 0 Å². The molecule has 7 heteroatoms. The Morgan fingerprint density at radius 2 is 1.39 bits per heavy atom. The van der Waals surface area contributed by atoms with Crippen molar-refractivity contribution in [1.29, 1.82) is 0 Å². The van der Waals surface area contributed by atoms with E-state index >= 15 is 0 Å². The molecular formula is C29H40Co2O5. The molecule has 0 spiro atoms. The average Bonchev–Trinajstić information content (AvgIpc) is 2.91. The normalized spacial score (nSPS) is 12.5. The molecule has 0 N–H and O–H groups in total. The number of unbranched alkanes of at least 4 members (excludes halogenated alkanes) is 6. The van der Waals surface area contributed by atoms with E-state index in [4.69, 9.17) is 9.47 Å². The van der Waals surface area contributed by atoms with Gasteiger partial charge in [0, 0.05) is 6.08 Å². The Bertz CT molecular complexity index is 970. The Morgan fingerprint density at radius 3 is 2.00 bits per heavy atom. The fourth-order valence-corrected chi connectivity index (χ4v) is 6.38. The van der Waals surface area contributed by atoms with Crippen molar-refractivity contribution in [2.75, 3.05) is 13.2 Å². The summed E-state index contributed by atoms with van der Waals surface area (Å²) in [7, 11) is 0. The Hall–Kier alpha value is -1.94. The number of benzene rings is 2. The van der Waals surface area contributed by atoms with E-state index in [9.17, 15) is 12.5 Å². The van der Waals surface area contributed by atoms with Crippen molar-refractivity contribution in [3.8, 4) is 5.75 Å². The number of rotatable bonds is 18. The number of hydrogen-bond donors (Lipinski definition) is 0. The first kappa shape index (κ1) is 30.3. The summed E-state index contributed by atoms with van der Waals surface area (Å²) < 4.78 is 38.9. The molecule has 5 nitrogen and oxygen atoms in total. The Morgan fingerprint density at radius 1 is 0.833 bits per heavy atom. The van der Waals surface area contributed by atoms with Crippen LogP contribution in [0, 0.1) is 0 Å². The third kappa shape index (κ3) is 11.0. The van der Waals surface area contributed by atoms with Gasteiger partial charge in [0.1, 0.15) is 0 Å². The average molecular weight is 587 g/mol. The second kappa shape index (κ2) is 17.5. The van der Waals surface area contributed by atoms with E-state index in [-0.39, 0.29) is 10.8 Å². The van der Waals surface area contributed by atoms with Gasteiger partial charge in [-0.05, 0) is 0 Å². The third-order valence-corrected chi connectivity index (χ3v) is 9.53. The number of ether oxygens (including phenoxy) is 2. The first-order valence-electron chi connectivity index (χ1n) is 12.7. The molecule has 1 atom stereocenters. The molecule has 36 heavy (non-hydrogen) atoms. The molecule has 2 rings (SSSR count). The monoisotopic (exact) mass is 586 g/mol. The zero-order chi connectivity index (χ0) is 26.2. The summed E-state index contributed by atoms with van der Waals surface area (Å²) in [4.78, 5) is 11.1. The Labute approximate surface area is 224 Å². The molecule has 0 fully saturated rings. The summed E-state index contributed by atoms with van der Waals surface area (Å²) in [5.41, 5.74) is 0. The molecule has 0 aromatic heterocycles. The molecule has 2 aromatic carbocycles. The van der Waals surface area contributed by atoms with Gasteiger partial charge in [0.2, 0.25) is 0 Å². The van der Waals surface area contributed by atoms with E-state index < -0.39 is 27.2 Å². The first-order valence-corrected chi connectivity index (χ1v) is 15.7. The summed E-state index contributed by atoms with van der Waals surface area (Å²) in [5.74, 6) is 0.373. The standard InChI is InChI=1S/C15H19O3.C8H17.C6H4.2Co.2O/c1-2-15(16)18-13-9-4-3-8-12-17-14-10-6-5-7-11-14;1-3-5-7-8-6-4-2;1-2-4-6-5-3-1;;;;/h2,6-7,10-11H,1,3-4,8-9,12-13H2;3H,4-8H2,1-2H3;1-2,5-6H;;;;. The maximum atomic E-state index is 13.0. The van der Waals surface area contributed by atoms with Crippen LogP contribution >= 0.6 is 0 Å². The first-order chi connectivity index (χ1) is 17.5. The van der Waals surface area contributed by atoms with Crippen LogP contribution in [-0.2, 0) is 44.4 Å². The Balaban J connectivity index is 1.75. The Kier molecular flexibility index (Phi) is 14.7. The SMILES string of the molecule is C=CC(=O)OCCCCCCOc1cc[c]([Co](=[O])[c]2cc[c]([Co](=[O])[CH](C)CCCCCC)cc2)cc1. The van der Waals surface area contributed by atoms with E-state index in [1.54, 1.807) is 0 Å². The van der Waals surface area contributed by atoms with Crippen LogP contribution in [0.15, 0.2) is 61.2 Å². The zero-order valence-corrected chi connectivity index (χ0v) is 23.5. The number of hydrogen-bond acceptors (Lipinski definition) is 5. The van der Waals surface area contributed by atoms with Crippen LogP contribution in [0.4, 0.5) is 0 Å². The van der Waals surface area contributed by atoms with E-state index in [1.165, 1.54) is 25.3 Å². The van der Waals surface area contributed by atoms with E-state index in [2.05, 4.69) is 20.4 Å². The summed E-state index contributed by atoms with van der Waals surface area (Å²) in [6.45, 7) is 8.65. The zero-order valence-electron chi connectivity index (χ0n) is 21.5. The quantitative estimate of drug-likeness (QED) is 0.129. The van der Waals surface area contributed by atoms with E-state index in [1.807, 2.05) is 48.5 Å². The van der Waals surface area contributed by atoms with Gasteiger partial charge in [0.05, 0.1) is 0 Å². The van der Waals surface area contributed by atoms with Crippen LogP contribution in [0.25, 0.3) is 0 Å². The van der Waals surface area contributed by atoms with Gasteiger partial charge in [0.25, 0.3) is 0 Å². The minimum atomic E-state index is -1.69. The topological polar surface area (TPSA) is 69.7 Å². The van der Waals surface area contributed by atoms with Crippen molar-refractivity contribution in [3.05, 3.63) is 61.2 Å². The van der Waals surface area contributed by atoms with Crippen molar-refractivity contribution in [2.45, 2.75) is 76.5 Å². The van der Waals surface area contributed by atoms with Crippen molar-refractivity contribution >= 4 is 19.5 Å². The van der Waals surface area contributed by atoms with Crippen LogP contribution in [-0.4, -0.2) is 19.2 Å². The van der Waals surface area contributed by atoms with Gasteiger partial charge in [-0.15, -0.1) is 0 Å². The second-order valence-corrected chi connectivity index (χ2v) is 12.8. The number of esters is 1. The number of carbonyl (C=O) groups excluding carboxylic acids is 1. The van der Waals surface area contributed by atoms with Crippen LogP contribution < -0.4 is 18.2 Å². The van der Waals surface area contributed by atoms with Gasteiger partial charge in [-0.25, -0.2) is 4.79 Å². The fourth-order valence-electron chi connectivity index (χ4n) is 3.46. The van der Waals surface area contributed by atoms with E-state index in [0.717, 1.165) is 57.8 Å². The van der Waals surface area contributed by atoms with Gasteiger partial charge < -0.3 is 0 Å². The second-order valence-electron chi connectivity index (χ2n) is 8.50. The fraction of sp³-hybridized carbons (Fsp3) is 0.483. The van der Waals surface area contributed by atoms with Gasteiger partial charge in [-0.2, -0.15) is 0 Å². The molecule has 0 aliphatic heterocycles. The summed E-state index contributed by atoms with van der Waals surface area (Å²) >= 11 is -3.12. The molecule has 0 aliphatic carbocycles. The predicted molar refractivity (Wildman–Crippen MR) is 136 cm³/mol. The van der Waals surface area contributed by atoms with Crippen molar-refractivity contribution in [2.24, 2.45) is 0 Å². The molecule has 0 bridgehead atoms. The van der Waals surface area contributed by atoms with Crippen LogP contribution in [0.1, 0.15) is 71.6 Å². The molecule has 1 unspecified atom stereocenters. The molecule has 0 amide bonds. The molecular weight excluding hydrogens is 546 g/mol. The van der Waals surface area contributed by atoms with Gasteiger partial charge >= 0.3 is 208 Å².